The fourth-order valence-corrected chi connectivity index (χ4v) is 1.16. The molecule has 2 N–H and O–H groups in total. The maximum atomic E-state index is 8.67. The zero-order valence-electron chi connectivity index (χ0n) is 7.77. The molecule has 0 atom stereocenters. The standard InChI is InChI=1S/C9H8N4O2/c10-4-7-3-6(5-11-7)9-12-8(1-2-14)13-15-9/h3,5,11,14H,1-2H2. The number of hydrogen-bond acceptors (Lipinski definition) is 5. The second-order valence-electron chi connectivity index (χ2n) is 2.90. The van der Waals surface area contributed by atoms with Crippen LogP contribution in [0.15, 0.2) is 16.8 Å². The highest BCUT2D eigenvalue weighted by molar-refractivity contribution is 5.54. The summed E-state index contributed by atoms with van der Waals surface area (Å²) in [6, 6.07) is 3.58. The van der Waals surface area contributed by atoms with Crippen molar-refractivity contribution in [1.29, 1.82) is 5.26 Å². The van der Waals surface area contributed by atoms with Crippen molar-refractivity contribution in [3.63, 3.8) is 0 Å². The van der Waals surface area contributed by atoms with E-state index in [1.54, 1.807) is 12.3 Å². The Morgan fingerprint density at radius 1 is 1.60 bits per heavy atom. The summed E-state index contributed by atoms with van der Waals surface area (Å²) >= 11 is 0. The third-order valence-electron chi connectivity index (χ3n) is 1.85. The van der Waals surface area contributed by atoms with Crippen LogP contribution in [0.5, 0.6) is 0 Å². The molecule has 0 aromatic carbocycles. The summed E-state index contributed by atoms with van der Waals surface area (Å²) in [5.41, 5.74) is 1.11. The summed E-state index contributed by atoms with van der Waals surface area (Å²) in [6.45, 7) is -0.0183. The van der Waals surface area contributed by atoms with Crippen molar-refractivity contribution in [2.45, 2.75) is 6.42 Å². The third kappa shape index (κ3) is 1.87. The van der Waals surface area contributed by atoms with Crippen LogP contribution in [0.1, 0.15) is 11.5 Å². The van der Waals surface area contributed by atoms with E-state index in [4.69, 9.17) is 14.9 Å². The van der Waals surface area contributed by atoms with E-state index in [-0.39, 0.29) is 6.61 Å². The van der Waals surface area contributed by atoms with Crippen LogP contribution in [-0.2, 0) is 6.42 Å². The van der Waals surface area contributed by atoms with Gasteiger partial charge in [-0.3, -0.25) is 0 Å². The predicted octanol–water partition coefficient (Wildman–Crippen LogP) is 0.471. The van der Waals surface area contributed by atoms with E-state index in [0.29, 0.717) is 29.4 Å². The lowest BCUT2D eigenvalue weighted by atomic mass is 10.3. The number of aliphatic hydroxyl groups excluding tert-OH is 1. The summed E-state index contributed by atoms with van der Waals surface area (Å²) in [5.74, 6) is 0.795. The quantitative estimate of drug-likeness (QED) is 0.757. The highest BCUT2D eigenvalue weighted by Gasteiger charge is 2.09. The molecule has 6 nitrogen and oxygen atoms in total. The van der Waals surface area contributed by atoms with Gasteiger partial charge in [0.25, 0.3) is 5.89 Å². The molecule has 0 spiro atoms. The van der Waals surface area contributed by atoms with Gasteiger partial charge in [0.05, 0.1) is 12.2 Å². The highest BCUT2D eigenvalue weighted by Crippen LogP contribution is 2.17. The number of nitrogens with one attached hydrogen (secondary N) is 1. The van der Waals surface area contributed by atoms with Gasteiger partial charge in [-0.25, -0.2) is 0 Å². The van der Waals surface area contributed by atoms with Crippen molar-refractivity contribution in [3.05, 3.63) is 23.8 Å². The van der Waals surface area contributed by atoms with E-state index < -0.39 is 0 Å². The summed E-state index contributed by atoms with van der Waals surface area (Å²) in [7, 11) is 0. The maximum absolute atomic E-state index is 8.67. The summed E-state index contributed by atoms with van der Waals surface area (Å²) in [6.07, 6.45) is 1.98. The van der Waals surface area contributed by atoms with Crippen LogP contribution in [0.2, 0.25) is 0 Å². The normalized spacial score (nSPS) is 10.1. The number of H-pyrrole nitrogens is 1. The zero-order chi connectivity index (χ0) is 10.7. The van der Waals surface area contributed by atoms with Crippen molar-refractivity contribution >= 4 is 0 Å². The molecule has 6 heteroatoms. The summed E-state index contributed by atoms with van der Waals surface area (Å²) in [5, 5.41) is 21.0. The van der Waals surface area contributed by atoms with E-state index >= 15 is 0 Å². The third-order valence-corrected chi connectivity index (χ3v) is 1.85. The van der Waals surface area contributed by atoms with E-state index in [9.17, 15) is 0 Å². The van der Waals surface area contributed by atoms with Gasteiger partial charge in [-0.2, -0.15) is 10.2 Å². The molecule has 0 saturated carbocycles. The van der Waals surface area contributed by atoms with E-state index in [2.05, 4.69) is 15.1 Å². The van der Waals surface area contributed by atoms with Crippen LogP contribution < -0.4 is 0 Å². The molecule has 15 heavy (non-hydrogen) atoms. The number of aromatic amines is 1. The fraction of sp³-hybridized carbons (Fsp3) is 0.222. The molecule has 0 saturated heterocycles. The second-order valence-corrected chi connectivity index (χ2v) is 2.90. The van der Waals surface area contributed by atoms with Crippen LogP contribution in [0.3, 0.4) is 0 Å². The Morgan fingerprint density at radius 2 is 2.47 bits per heavy atom. The van der Waals surface area contributed by atoms with Crippen molar-refractivity contribution in [2.75, 3.05) is 6.61 Å². The monoisotopic (exact) mass is 204 g/mol. The van der Waals surface area contributed by atoms with Gasteiger partial charge in [0.2, 0.25) is 0 Å². The van der Waals surface area contributed by atoms with Crippen molar-refractivity contribution in [2.24, 2.45) is 0 Å². The summed E-state index contributed by atoms with van der Waals surface area (Å²) in [4.78, 5) is 6.81. The Kier molecular flexibility index (Phi) is 2.48. The number of rotatable bonds is 3. The Balaban J connectivity index is 2.25. The molecule has 0 bridgehead atoms. The molecule has 0 aliphatic heterocycles. The lowest BCUT2D eigenvalue weighted by molar-refractivity contribution is 0.293. The molecule has 0 aliphatic rings. The summed E-state index contributed by atoms with van der Waals surface area (Å²) < 4.78 is 4.96. The molecule has 2 rings (SSSR count). The number of aromatic nitrogens is 3. The van der Waals surface area contributed by atoms with Crippen LogP contribution in [-0.4, -0.2) is 26.8 Å². The minimum absolute atomic E-state index is 0.0183. The Hall–Kier alpha value is -2.13. The van der Waals surface area contributed by atoms with Crippen molar-refractivity contribution < 1.29 is 9.63 Å². The van der Waals surface area contributed by atoms with Gasteiger partial charge in [0, 0.05) is 12.6 Å². The first-order valence-corrected chi connectivity index (χ1v) is 4.36. The fourth-order valence-electron chi connectivity index (χ4n) is 1.16. The molecule has 0 radical (unpaired) electrons. The van der Waals surface area contributed by atoms with Gasteiger partial charge >= 0.3 is 0 Å². The van der Waals surface area contributed by atoms with E-state index in [1.807, 2.05) is 6.07 Å². The molecule has 0 amide bonds. The first-order valence-electron chi connectivity index (χ1n) is 4.36. The zero-order valence-corrected chi connectivity index (χ0v) is 7.77. The first-order chi connectivity index (χ1) is 7.33. The number of nitrogens with zero attached hydrogens (tertiary/aromatic N) is 3. The molecule has 2 aromatic rings. The molecular formula is C9H8N4O2. The van der Waals surface area contributed by atoms with Gasteiger partial charge in [-0.15, -0.1) is 0 Å². The van der Waals surface area contributed by atoms with Crippen LogP contribution in [0.25, 0.3) is 11.5 Å². The van der Waals surface area contributed by atoms with E-state index in [0.717, 1.165) is 0 Å². The predicted molar refractivity (Wildman–Crippen MR) is 49.6 cm³/mol. The lowest BCUT2D eigenvalue weighted by Crippen LogP contribution is -1.92. The van der Waals surface area contributed by atoms with Crippen LogP contribution in [0.4, 0.5) is 0 Å². The molecule has 0 aliphatic carbocycles. The molecule has 0 unspecified atom stereocenters. The Labute approximate surface area is 85.2 Å². The average molecular weight is 204 g/mol. The molecule has 0 fully saturated rings. The molecular weight excluding hydrogens is 196 g/mol. The van der Waals surface area contributed by atoms with Crippen molar-refractivity contribution in [1.82, 2.24) is 15.1 Å². The lowest BCUT2D eigenvalue weighted by Gasteiger charge is -1.84. The number of hydrogen-bond donors (Lipinski definition) is 2. The maximum Gasteiger partial charge on any atom is 0.259 e. The van der Waals surface area contributed by atoms with Gasteiger partial charge in [-0.1, -0.05) is 5.16 Å². The van der Waals surface area contributed by atoms with Gasteiger partial charge < -0.3 is 14.6 Å². The Bertz CT molecular complexity index is 494. The first kappa shape index (κ1) is 9.43. The molecule has 76 valence electrons. The molecule has 2 heterocycles. The smallest absolute Gasteiger partial charge is 0.259 e. The number of nitriles is 1. The number of aliphatic hydroxyl groups is 1. The van der Waals surface area contributed by atoms with E-state index in [1.165, 1.54) is 0 Å². The van der Waals surface area contributed by atoms with Gasteiger partial charge in [0.15, 0.2) is 5.82 Å². The largest absolute Gasteiger partial charge is 0.396 e. The minimum atomic E-state index is -0.0183. The molecule has 2 aromatic heterocycles. The SMILES string of the molecule is N#Cc1cc(-c2nc(CCO)no2)c[nH]1. The van der Waals surface area contributed by atoms with Crippen LogP contribution >= 0.6 is 0 Å². The second kappa shape index (κ2) is 3.94. The topological polar surface area (TPSA) is 98.7 Å². The van der Waals surface area contributed by atoms with Crippen LogP contribution in [0, 0.1) is 11.3 Å². The highest BCUT2D eigenvalue weighted by atomic mass is 16.5. The minimum Gasteiger partial charge on any atom is -0.396 e. The van der Waals surface area contributed by atoms with Crippen molar-refractivity contribution in [3.8, 4) is 17.5 Å². The Morgan fingerprint density at radius 3 is 3.13 bits per heavy atom. The average Bonchev–Trinajstić information content (AvgIpc) is 2.85. The van der Waals surface area contributed by atoms with Gasteiger partial charge in [0.1, 0.15) is 11.8 Å². The van der Waals surface area contributed by atoms with Gasteiger partial charge in [-0.05, 0) is 6.07 Å².